The van der Waals surface area contributed by atoms with E-state index in [9.17, 15) is 0 Å². The van der Waals surface area contributed by atoms with E-state index in [-0.39, 0.29) is 0 Å². The molecule has 0 aromatic heterocycles. The standard InChI is InChI=1S/C10H21N3/c1-2-7-13-8-6-11-4-5-12-9-10(13)3-1/h10-12H,1-9H2. The number of nitrogens with one attached hydrogen (secondary N) is 2. The average Bonchev–Trinajstić information content (AvgIpc) is 2.28. The molecule has 0 spiro atoms. The SMILES string of the molecule is C1CCN2CCNCCNCC2C1. The van der Waals surface area contributed by atoms with E-state index in [1.165, 1.54) is 38.9 Å². The summed E-state index contributed by atoms with van der Waals surface area (Å²) in [4.78, 5) is 2.65. The molecule has 0 saturated carbocycles. The van der Waals surface area contributed by atoms with Crippen LogP contribution in [0.5, 0.6) is 0 Å². The maximum absolute atomic E-state index is 3.52. The average molecular weight is 183 g/mol. The predicted octanol–water partition coefficient (Wildman–Crippen LogP) is 0.0337. The van der Waals surface area contributed by atoms with Crippen LogP contribution in [-0.2, 0) is 0 Å². The molecule has 2 saturated heterocycles. The maximum atomic E-state index is 3.52. The normalized spacial score (nSPS) is 32.8. The fourth-order valence-electron chi connectivity index (χ4n) is 2.38. The van der Waals surface area contributed by atoms with Crippen LogP contribution in [0.4, 0.5) is 0 Å². The van der Waals surface area contributed by atoms with E-state index in [2.05, 4.69) is 15.5 Å². The quantitative estimate of drug-likeness (QED) is 0.555. The summed E-state index contributed by atoms with van der Waals surface area (Å²) < 4.78 is 0. The van der Waals surface area contributed by atoms with Crippen LogP contribution in [0, 0.1) is 0 Å². The van der Waals surface area contributed by atoms with Crippen LogP contribution in [-0.4, -0.2) is 50.2 Å². The predicted molar refractivity (Wildman–Crippen MR) is 55.0 cm³/mol. The lowest BCUT2D eigenvalue weighted by molar-refractivity contribution is 0.151. The Labute approximate surface area is 80.9 Å². The lowest BCUT2D eigenvalue weighted by Gasteiger charge is -2.35. The molecule has 3 nitrogen and oxygen atoms in total. The minimum absolute atomic E-state index is 0.814. The van der Waals surface area contributed by atoms with Gasteiger partial charge in [0.2, 0.25) is 0 Å². The summed E-state index contributed by atoms with van der Waals surface area (Å²) in [5.41, 5.74) is 0. The van der Waals surface area contributed by atoms with Gasteiger partial charge in [0, 0.05) is 38.8 Å². The maximum Gasteiger partial charge on any atom is 0.0221 e. The molecule has 76 valence electrons. The summed E-state index contributed by atoms with van der Waals surface area (Å²) in [6.45, 7) is 7.17. The van der Waals surface area contributed by atoms with Crippen molar-refractivity contribution in [3.63, 3.8) is 0 Å². The minimum atomic E-state index is 0.814. The van der Waals surface area contributed by atoms with Gasteiger partial charge in [0.15, 0.2) is 0 Å². The Balaban J connectivity index is 1.88. The van der Waals surface area contributed by atoms with E-state index < -0.39 is 0 Å². The van der Waals surface area contributed by atoms with Crippen molar-refractivity contribution in [3.05, 3.63) is 0 Å². The van der Waals surface area contributed by atoms with Crippen molar-refractivity contribution in [3.8, 4) is 0 Å². The molecule has 1 unspecified atom stereocenters. The first-order valence-corrected chi connectivity index (χ1v) is 5.62. The van der Waals surface area contributed by atoms with E-state index in [0.717, 1.165) is 25.7 Å². The Morgan fingerprint density at radius 1 is 0.923 bits per heavy atom. The van der Waals surface area contributed by atoms with Crippen LogP contribution in [0.2, 0.25) is 0 Å². The van der Waals surface area contributed by atoms with E-state index in [4.69, 9.17) is 0 Å². The van der Waals surface area contributed by atoms with E-state index in [0.29, 0.717) is 0 Å². The topological polar surface area (TPSA) is 27.3 Å². The third kappa shape index (κ3) is 2.66. The van der Waals surface area contributed by atoms with Crippen LogP contribution in [0.25, 0.3) is 0 Å². The van der Waals surface area contributed by atoms with Gasteiger partial charge in [0.05, 0.1) is 0 Å². The third-order valence-corrected chi connectivity index (χ3v) is 3.18. The first kappa shape index (κ1) is 9.44. The smallest absolute Gasteiger partial charge is 0.0221 e. The van der Waals surface area contributed by atoms with Gasteiger partial charge in [-0.25, -0.2) is 0 Å². The van der Waals surface area contributed by atoms with Crippen LogP contribution >= 0.6 is 0 Å². The van der Waals surface area contributed by atoms with Crippen molar-refractivity contribution in [1.29, 1.82) is 0 Å². The number of hydrogen-bond donors (Lipinski definition) is 2. The minimum Gasteiger partial charge on any atom is -0.314 e. The highest BCUT2D eigenvalue weighted by Crippen LogP contribution is 2.15. The van der Waals surface area contributed by atoms with E-state index in [1.54, 1.807) is 0 Å². The molecule has 2 rings (SSSR count). The molecule has 0 amide bonds. The fourth-order valence-corrected chi connectivity index (χ4v) is 2.38. The van der Waals surface area contributed by atoms with Gasteiger partial charge in [-0.05, 0) is 19.4 Å². The number of piperidine rings is 1. The van der Waals surface area contributed by atoms with Gasteiger partial charge in [0.1, 0.15) is 0 Å². The zero-order chi connectivity index (χ0) is 8.93. The molecular weight excluding hydrogens is 162 g/mol. The van der Waals surface area contributed by atoms with E-state index in [1.807, 2.05) is 0 Å². The van der Waals surface area contributed by atoms with Crippen molar-refractivity contribution in [2.45, 2.75) is 25.3 Å². The molecule has 2 N–H and O–H groups in total. The lowest BCUT2D eigenvalue weighted by Crippen LogP contribution is -2.46. The first-order chi connectivity index (χ1) is 6.47. The number of hydrogen-bond acceptors (Lipinski definition) is 3. The largest absolute Gasteiger partial charge is 0.314 e. The molecule has 2 aliphatic rings. The second-order valence-electron chi connectivity index (χ2n) is 4.14. The Morgan fingerprint density at radius 3 is 2.85 bits per heavy atom. The highest BCUT2D eigenvalue weighted by molar-refractivity contribution is 4.80. The summed E-state index contributed by atoms with van der Waals surface area (Å²) in [5, 5.41) is 6.98. The highest BCUT2D eigenvalue weighted by Gasteiger charge is 2.21. The summed E-state index contributed by atoms with van der Waals surface area (Å²) in [6.07, 6.45) is 4.22. The Kier molecular flexibility index (Phi) is 3.58. The zero-order valence-corrected chi connectivity index (χ0v) is 8.39. The number of nitrogens with zero attached hydrogens (tertiary/aromatic N) is 1. The molecule has 3 heteroatoms. The van der Waals surface area contributed by atoms with Gasteiger partial charge in [-0.3, -0.25) is 4.90 Å². The van der Waals surface area contributed by atoms with Crippen LogP contribution < -0.4 is 10.6 Å². The van der Waals surface area contributed by atoms with Crippen molar-refractivity contribution >= 4 is 0 Å². The van der Waals surface area contributed by atoms with Crippen LogP contribution in [0.15, 0.2) is 0 Å². The lowest BCUT2D eigenvalue weighted by atomic mass is 10.0. The molecule has 0 radical (unpaired) electrons. The Bertz CT molecular complexity index is 133. The molecule has 0 bridgehead atoms. The second-order valence-corrected chi connectivity index (χ2v) is 4.14. The van der Waals surface area contributed by atoms with Gasteiger partial charge in [-0.15, -0.1) is 0 Å². The van der Waals surface area contributed by atoms with Crippen LogP contribution in [0.3, 0.4) is 0 Å². The van der Waals surface area contributed by atoms with Gasteiger partial charge < -0.3 is 10.6 Å². The van der Waals surface area contributed by atoms with Gasteiger partial charge >= 0.3 is 0 Å². The highest BCUT2D eigenvalue weighted by atomic mass is 15.2. The monoisotopic (exact) mass is 183 g/mol. The Morgan fingerprint density at radius 2 is 1.85 bits per heavy atom. The molecule has 13 heavy (non-hydrogen) atoms. The second kappa shape index (κ2) is 4.94. The fraction of sp³-hybridized carbons (Fsp3) is 1.00. The number of fused-ring (bicyclic) bond motifs is 1. The van der Waals surface area contributed by atoms with Crippen molar-refractivity contribution in [2.24, 2.45) is 0 Å². The molecule has 1 atom stereocenters. The van der Waals surface area contributed by atoms with Crippen molar-refractivity contribution in [1.82, 2.24) is 15.5 Å². The molecule has 2 aliphatic heterocycles. The van der Waals surface area contributed by atoms with Crippen molar-refractivity contribution < 1.29 is 0 Å². The zero-order valence-electron chi connectivity index (χ0n) is 8.39. The molecule has 2 fully saturated rings. The van der Waals surface area contributed by atoms with Gasteiger partial charge in [0.25, 0.3) is 0 Å². The molecule has 2 heterocycles. The Hall–Kier alpha value is -0.120. The third-order valence-electron chi connectivity index (χ3n) is 3.18. The summed E-state index contributed by atoms with van der Waals surface area (Å²) in [6, 6.07) is 0.814. The summed E-state index contributed by atoms with van der Waals surface area (Å²) in [7, 11) is 0. The molecule has 0 aromatic carbocycles. The molecule has 0 aromatic rings. The van der Waals surface area contributed by atoms with Gasteiger partial charge in [-0.2, -0.15) is 0 Å². The first-order valence-electron chi connectivity index (χ1n) is 5.62. The summed E-state index contributed by atoms with van der Waals surface area (Å²) >= 11 is 0. The van der Waals surface area contributed by atoms with Gasteiger partial charge in [-0.1, -0.05) is 6.42 Å². The van der Waals surface area contributed by atoms with Crippen LogP contribution in [0.1, 0.15) is 19.3 Å². The molecule has 0 aliphatic carbocycles. The number of rotatable bonds is 0. The molecular formula is C10H21N3. The van der Waals surface area contributed by atoms with E-state index >= 15 is 0 Å². The summed E-state index contributed by atoms with van der Waals surface area (Å²) in [5.74, 6) is 0. The van der Waals surface area contributed by atoms with Crippen molar-refractivity contribution in [2.75, 3.05) is 39.3 Å².